The molecule has 1 atom stereocenters. The molecule has 0 amide bonds. The van der Waals surface area contributed by atoms with E-state index < -0.39 is 5.54 Å². The molecule has 2 aromatic heterocycles. The van der Waals surface area contributed by atoms with Gasteiger partial charge in [0.15, 0.2) is 6.23 Å². The van der Waals surface area contributed by atoms with Crippen molar-refractivity contribution in [3.8, 4) is 11.3 Å². The van der Waals surface area contributed by atoms with Gasteiger partial charge < -0.3 is 15.2 Å². The number of aliphatic hydroxyl groups is 1. The van der Waals surface area contributed by atoms with Crippen molar-refractivity contribution < 1.29 is 9.84 Å². The van der Waals surface area contributed by atoms with Crippen molar-refractivity contribution in [2.24, 2.45) is 0 Å². The Balaban J connectivity index is 1.91. The smallest absolute Gasteiger partial charge is 0.169 e. The van der Waals surface area contributed by atoms with Crippen molar-refractivity contribution >= 4 is 17.4 Å². The lowest BCUT2D eigenvalue weighted by Crippen LogP contribution is -2.35. The number of nitrogens with one attached hydrogen (secondary N) is 1. The molecule has 7 nitrogen and oxygen atoms in total. The predicted octanol–water partition coefficient (Wildman–Crippen LogP) is 2.88. The summed E-state index contributed by atoms with van der Waals surface area (Å²) in [5.74, 6) is 0.607. The van der Waals surface area contributed by atoms with Gasteiger partial charge in [-0.1, -0.05) is 11.6 Å². The lowest BCUT2D eigenvalue weighted by Gasteiger charge is -2.25. The second-order valence-corrected chi connectivity index (χ2v) is 7.02. The third kappa shape index (κ3) is 3.85. The molecule has 1 fully saturated rings. The topological polar surface area (TPSA) is 85.1 Å². The largest absolute Gasteiger partial charge is 0.394 e. The van der Waals surface area contributed by atoms with Crippen LogP contribution in [0.5, 0.6) is 0 Å². The third-order valence-corrected chi connectivity index (χ3v) is 4.11. The second kappa shape index (κ2) is 7.04. The molecule has 1 unspecified atom stereocenters. The molecular formula is C16H22ClN5O2. The monoisotopic (exact) mass is 351 g/mol. The van der Waals surface area contributed by atoms with Gasteiger partial charge in [-0.2, -0.15) is 15.0 Å². The zero-order valence-electron chi connectivity index (χ0n) is 13.9. The predicted molar refractivity (Wildman–Crippen MR) is 91.9 cm³/mol. The van der Waals surface area contributed by atoms with Gasteiger partial charge in [-0.15, -0.1) is 0 Å². The highest BCUT2D eigenvalue weighted by molar-refractivity contribution is 6.30. The van der Waals surface area contributed by atoms with E-state index in [1.54, 1.807) is 23.3 Å². The Kier molecular flexibility index (Phi) is 5.03. The van der Waals surface area contributed by atoms with Crippen LogP contribution in [-0.2, 0) is 4.74 Å². The summed E-state index contributed by atoms with van der Waals surface area (Å²) < 4.78 is 5.71. The molecular weight excluding hydrogens is 330 g/mol. The molecule has 2 N–H and O–H groups in total. The van der Waals surface area contributed by atoms with E-state index in [1.165, 1.54) is 0 Å². The first kappa shape index (κ1) is 17.1. The molecule has 3 rings (SSSR count). The Morgan fingerprint density at radius 1 is 1.42 bits per heavy atom. The Hall–Kier alpha value is -1.70. The molecule has 0 aliphatic carbocycles. The van der Waals surface area contributed by atoms with Gasteiger partial charge in [0.05, 0.1) is 23.4 Å². The van der Waals surface area contributed by atoms with Crippen LogP contribution in [0.1, 0.15) is 39.3 Å². The number of rotatable bonds is 5. The minimum Gasteiger partial charge on any atom is -0.394 e. The van der Waals surface area contributed by atoms with E-state index in [-0.39, 0.29) is 12.8 Å². The van der Waals surface area contributed by atoms with E-state index in [2.05, 4.69) is 20.5 Å². The van der Waals surface area contributed by atoms with E-state index in [0.717, 1.165) is 31.4 Å². The quantitative estimate of drug-likeness (QED) is 0.861. The summed E-state index contributed by atoms with van der Waals surface area (Å²) in [4.78, 5) is 5.95. The molecule has 0 bridgehead atoms. The van der Waals surface area contributed by atoms with Crippen molar-refractivity contribution in [1.29, 1.82) is 0 Å². The first-order valence-electron chi connectivity index (χ1n) is 8.07. The molecule has 0 radical (unpaired) electrons. The van der Waals surface area contributed by atoms with Gasteiger partial charge >= 0.3 is 0 Å². The summed E-state index contributed by atoms with van der Waals surface area (Å²) in [7, 11) is 0. The Bertz CT molecular complexity index is 698. The number of hydrogen-bond donors (Lipinski definition) is 2. The Morgan fingerprint density at radius 3 is 2.96 bits per heavy atom. The molecule has 0 aromatic carbocycles. The van der Waals surface area contributed by atoms with Gasteiger partial charge in [-0.05, 0) is 39.2 Å². The van der Waals surface area contributed by atoms with Crippen LogP contribution in [0, 0.1) is 0 Å². The lowest BCUT2D eigenvalue weighted by molar-refractivity contribution is -0.0479. The molecule has 24 heavy (non-hydrogen) atoms. The number of aliphatic hydroxyl groups excluding tert-OH is 1. The first-order valence-corrected chi connectivity index (χ1v) is 8.45. The van der Waals surface area contributed by atoms with Gasteiger partial charge in [0.25, 0.3) is 0 Å². The summed E-state index contributed by atoms with van der Waals surface area (Å²) in [5.41, 5.74) is 0.888. The maximum absolute atomic E-state index is 9.48. The Labute approximate surface area is 146 Å². The van der Waals surface area contributed by atoms with Crippen molar-refractivity contribution in [1.82, 2.24) is 20.0 Å². The molecule has 130 valence electrons. The number of aromatic nitrogens is 4. The van der Waals surface area contributed by atoms with Gasteiger partial charge in [0, 0.05) is 18.4 Å². The average Bonchev–Trinajstić information content (AvgIpc) is 3.07. The minimum absolute atomic E-state index is 0.0284. The normalized spacial score (nSPS) is 18.6. The fraction of sp³-hybridized carbons (Fsp3) is 0.562. The fourth-order valence-electron chi connectivity index (χ4n) is 2.54. The number of nitrogens with zero attached hydrogens (tertiary/aromatic N) is 4. The van der Waals surface area contributed by atoms with Crippen LogP contribution in [0.2, 0.25) is 5.02 Å². The highest BCUT2D eigenvalue weighted by atomic mass is 35.5. The molecule has 0 spiro atoms. The second-order valence-electron chi connectivity index (χ2n) is 6.59. The van der Waals surface area contributed by atoms with E-state index in [4.69, 9.17) is 16.3 Å². The summed E-state index contributed by atoms with van der Waals surface area (Å²) in [6.07, 6.45) is 6.22. The van der Waals surface area contributed by atoms with Crippen LogP contribution >= 0.6 is 11.6 Å². The van der Waals surface area contributed by atoms with Crippen LogP contribution in [0.15, 0.2) is 18.5 Å². The SMILES string of the molecule is CC(C)(CO)Nc1ncc(Cl)cc1-c1cnn(C2CCCCO2)n1. The van der Waals surface area contributed by atoms with Crippen LogP contribution < -0.4 is 5.32 Å². The number of halogens is 1. The zero-order valence-corrected chi connectivity index (χ0v) is 14.6. The van der Waals surface area contributed by atoms with Crippen LogP contribution in [0.4, 0.5) is 5.82 Å². The third-order valence-electron chi connectivity index (χ3n) is 3.90. The van der Waals surface area contributed by atoms with Crippen molar-refractivity contribution in [3.05, 3.63) is 23.5 Å². The molecule has 8 heteroatoms. The highest BCUT2D eigenvalue weighted by Gasteiger charge is 2.22. The zero-order chi connectivity index (χ0) is 17.2. The Morgan fingerprint density at radius 2 is 2.25 bits per heavy atom. The number of hydrogen-bond acceptors (Lipinski definition) is 6. The van der Waals surface area contributed by atoms with Gasteiger partial charge in [0.2, 0.25) is 0 Å². The van der Waals surface area contributed by atoms with Crippen LogP contribution in [0.25, 0.3) is 11.3 Å². The summed E-state index contributed by atoms with van der Waals surface area (Å²) in [6, 6.07) is 1.79. The van der Waals surface area contributed by atoms with E-state index >= 15 is 0 Å². The molecule has 3 heterocycles. The number of anilines is 1. The van der Waals surface area contributed by atoms with E-state index in [9.17, 15) is 5.11 Å². The molecule has 2 aromatic rings. The number of pyridine rings is 1. The van der Waals surface area contributed by atoms with Crippen LogP contribution in [0.3, 0.4) is 0 Å². The first-order chi connectivity index (χ1) is 11.5. The molecule has 1 aliphatic rings. The van der Waals surface area contributed by atoms with Crippen molar-refractivity contribution in [3.63, 3.8) is 0 Å². The molecule has 1 saturated heterocycles. The van der Waals surface area contributed by atoms with Crippen molar-refractivity contribution in [2.45, 2.75) is 44.9 Å². The summed E-state index contributed by atoms with van der Waals surface area (Å²) >= 11 is 6.11. The van der Waals surface area contributed by atoms with E-state index in [1.807, 2.05) is 13.8 Å². The maximum Gasteiger partial charge on any atom is 0.169 e. The summed E-state index contributed by atoms with van der Waals surface area (Å²) in [6.45, 7) is 4.48. The summed E-state index contributed by atoms with van der Waals surface area (Å²) in [5, 5.41) is 22.1. The van der Waals surface area contributed by atoms with Crippen LogP contribution in [-0.4, -0.2) is 43.8 Å². The number of ether oxygens (including phenoxy) is 1. The highest BCUT2D eigenvalue weighted by Crippen LogP contribution is 2.30. The maximum atomic E-state index is 9.48. The fourth-order valence-corrected chi connectivity index (χ4v) is 2.70. The lowest BCUT2D eigenvalue weighted by atomic mass is 10.1. The molecule has 0 saturated carbocycles. The van der Waals surface area contributed by atoms with Gasteiger partial charge in [-0.25, -0.2) is 4.98 Å². The van der Waals surface area contributed by atoms with Crippen molar-refractivity contribution in [2.75, 3.05) is 18.5 Å². The average molecular weight is 352 g/mol. The minimum atomic E-state index is -0.516. The van der Waals surface area contributed by atoms with Gasteiger partial charge in [0.1, 0.15) is 11.5 Å². The van der Waals surface area contributed by atoms with E-state index in [0.29, 0.717) is 16.5 Å². The standard InChI is InChI=1S/C16H22ClN5O2/c1-16(2,10-23)20-15-12(7-11(17)8-18-15)13-9-19-22(21-13)14-5-3-4-6-24-14/h7-9,14,23H,3-6,10H2,1-2H3,(H,18,20). The molecule has 1 aliphatic heterocycles. The van der Waals surface area contributed by atoms with Gasteiger partial charge in [-0.3, -0.25) is 0 Å².